The van der Waals surface area contributed by atoms with Gasteiger partial charge in [0, 0.05) is 10.7 Å². The molecule has 0 aliphatic heterocycles. The molecule has 1 rings (SSSR count). The van der Waals surface area contributed by atoms with E-state index in [9.17, 15) is 13.2 Å². The molecule has 0 radical (unpaired) electrons. The minimum atomic E-state index is -3.77. The number of amides is 1. The lowest BCUT2D eigenvalue weighted by Gasteiger charge is -2.14. The van der Waals surface area contributed by atoms with Crippen LogP contribution in [0.15, 0.2) is 17.0 Å². The number of primary amides is 1. The lowest BCUT2D eigenvalue weighted by atomic mass is 10.1. The summed E-state index contributed by atoms with van der Waals surface area (Å²) in [5, 5.41) is 0. The van der Waals surface area contributed by atoms with Gasteiger partial charge in [-0.1, -0.05) is 6.92 Å². The molecule has 7 heteroatoms. The second-order valence-electron chi connectivity index (χ2n) is 4.36. The van der Waals surface area contributed by atoms with E-state index < -0.39 is 20.9 Å². The molecule has 19 heavy (non-hydrogen) atoms. The quantitative estimate of drug-likeness (QED) is 0.839. The van der Waals surface area contributed by atoms with Crippen molar-refractivity contribution in [1.82, 2.24) is 0 Å². The maximum absolute atomic E-state index is 11.3. The Morgan fingerprint density at radius 3 is 2.42 bits per heavy atom. The highest BCUT2D eigenvalue weighted by Gasteiger charge is 2.17. The zero-order valence-electron chi connectivity index (χ0n) is 10.9. The SMILES string of the molecule is Cc1c(OCC(C)C(N)=O)ccc(S(=O)(=O)Cl)c1C. The smallest absolute Gasteiger partial charge is 0.261 e. The number of rotatable bonds is 5. The number of halogens is 1. The molecule has 0 heterocycles. The van der Waals surface area contributed by atoms with Crippen LogP contribution in [-0.4, -0.2) is 20.9 Å². The molecule has 1 atom stereocenters. The first-order valence-electron chi connectivity index (χ1n) is 5.61. The first kappa shape index (κ1) is 15.8. The summed E-state index contributed by atoms with van der Waals surface area (Å²) < 4.78 is 28.1. The molecule has 0 aliphatic carbocycles. The third-order valence-electron chi connectivity index (χ3n) is 2.92. The highest BCUT2D eigenvalue weighted by atomic mass is 35.7. The summed E-state index contributed by atoms with van der Waals surface area (Å²) in [6.07, 6.45) is 0. The van der Waals surface area contributed by atoms with Crippen molar-refractivity contribution in [2.24, 2.45) is 11.7 Å². The molecule has 2 N–H and O–H groups in total. The Bertz CT molecular complexity index is 598. The van der Waals surface area contributed by atoms with E-state index in [0.717, 1.165) is 0 Å². The van der Waals surface area contributed by atoms with Gasteiger partial charge < -0.3 is 10.5 Å². The lowest BCUT2D eigenvalue weighted by Crippen LogP contribution is -2.26. The van der Waals surface area contributed by atoms with Gasteiger partial charge in [-0.05, 0) is 37.1 Å². The maximum atomic E-state index is 11.3. The van der Waals surface area contributed by atoms with Crippen molar-refractivity contribution in [3.8, 4) is 5.75 Å². The van der Waals surface area contributed by atoms with Crippen LogP contribution in [0.3, 0.4) is 0 Å². The highest BCUT2D eigenvalue weighted by Crippen LogP contribution is 2.29. The molecule has 0 fully saturated rings. The Morgan fingerprint density at radius 2 is 1.95 bits per heavy atom. The molecule has 106 valence electrons. The molecular formula is C12H16ClNO4S. The van der Waals surface area contributed by atoms with E-state index in [2.05, 4.69) is 0 Å². The van der Waals surface area contributed by atoms with Crippen LogP contribution >= 0.6 is 10.7 Å². The first-order chi connectivity index (χ1) is 8.64. The van der Waals surface area contributed by atoms with E-state index in [0.29, 0.717) is 16.9 Å². The van der Waals surface area contributed by atoms with Crippen molar-refractivity contribution in [1.29, 1.82) is 0 Å². The van der Waals surface area contributed by atoms with Gasteiger partial charge in [-0.25, -0.2) is 8.42 Å². The molecule has 0 aliphatic rings. The second kappa shape index (κ2) is 5.79. The molecule has 0 spiro atoms. The van der Waals surface area contributed by atoms with E-state index in [-0.39, 0.29) is 11.5 Å². The molecule has 1 aromatic carbocycles. The van der Waals surface area contributed by atoms with Crippen LogP contribution in [0, 0.1) is 19.8 Å². The molecule has 1 aromatic rings. The number of carbonyl (C=O) groups is 1. The fourth-order valence-corrected chi connectivity index (χ4v) is 2.74. The summed E-state index contributed by atoms with van der Waals surface area (Å²) >= 11 is 0. The zero-order valence-corrected chi connectivity index (χ0v) is 12.5. The van der Waals surface area contributed by atoms with E-state index in [4.69, 9.17) is 21.2 Å². The van der Waals surface area contributed by atoms with Crippen molar-refractivity contribution >= 4 is 25.6 Å². The molecule has 0 saturated carbocycles. The van der Waals surface area contributed by atoms with Gasteiger partial charge in [0.1, 0.15) is 5.75 Å². The van der Waals surface area contributed by atoms with Crippen molar-refractivity contribution in [3.63, 3.8) is 0 Å². The third kappa shape index (κ3) is 3.84. The molecular weight excluding hydrogens is 290 g/mol. The van der Waals surface area contributed by atoms with Crippen LogP contribution in [0.25, 0.3) is 0 Å². The van der Waals surface area contributed by atoms with Crippen LogP contribution < -0.4 is 10.5 Å². The second-order valence-corrected chi connectivity index (χ2v) is 6.90. The number of hydrogen-bond acceptors (Lipinski definition) is 4. The molecule has 0 saturated heterocycles. The van der Waals surface area contributed by atoms with E-state index in [1.54, 1.807) is 20.8 Å². The normalized spacial score (nSPS) is 13.1. The van der Waals surface area contributed by atoms with Crippen LogP contribution in [-0.2, 0) is 13.8 Å². The summed E-state index contributed by atoms with van der Waals surface area (Å²) in [7, 11) is 1.55. The van der Waals surface area contributed by atoms with Gasteiger partial charge in [0.2, 0.25) is 5.91 Å². The Balaban J connectivity index is 3.01. The average Bonchev–Trinajstić information content (AvgIpc) is 2.28. The standard InChI is InChI=1S/C12H16ClNO4S/c1-7(12(14)15)6-18-10-4-5-11(19(13,16)17)9(3)8(10)2/h4-5,7H,6H2,1-3H3,(H2,14,15). The van der Waals surface area contributed by atoms with Crippen LogP contribution in [0.5, 0.6) is 5.75 Å². The Kier molecular flexibility index (Phi) is 4.81. The van der Waals surface area contributed by atoms with Gasteiger partial charge in [0.25, 0.3) is 9.05 Å². The number of ether oxygens (including phenoxy) is 1. The fraction of sp³-hybridized carbons (Fsp3) is 0.417. The van der Waals surface area contributed by atoms with Gasteiger partial charge in [0.15, 0.2) is 0 Å². The Hall–Kier alpha value is -1.27. The Morgan fingerprint density at radius 1 is 1.37 bits per heavy atom. The summed E-state index contributed by atoms with van der Waals surface area (Å²) in [5.41, 5.74) is 6.33. The molecule has 1 unspecified atom stereocenters. The molecule has 0 aromatic heterocycles. The van der Waals surface area contributed by atoms with Crippen LogP contribution in [0.1, 0.15) is 18.1 Å². The topological polar surface area (TPSA) is 86.5 Å². The zero-order chi connectivity index (χ0) is 14.8. The average molecular weight is 306 g/mol. The van der Waals surface area contributed by atoms with E-state index in [1.807, 2.05) is 0 Å². The van der Waals surface area contributed by atoms with Crippen molar-refractivity contribution in [3.05, 3.63) is 23.3 Å². The summed E-state index contributed by atoms with van der Waals surface area (Å²) in [6.45, 7) is 5.17. The van der Waals surface area contributed by atoms with Gasteiger partial charge in [0.05, 0.1) is 17.4 Å². The summed E-state index contributed by atoms with van der Waals surface area (Å²) in [6, 6.07) is 2.90. The number of carbonyl (C=O) groups excluding carboxylic acids is 1. The molecule has 1 amide bonds. The first-order valence-corrected chi connectivity index (χ1v) is 7.92. The Labute approximate surface area is 117 Å². The number of hydrogen-bond donors (Lipinski definition) is 1. The minimum absolute atomic E-state index is 0.0574. The van der Waals surface area contributed by atoms with Gasteiger partial charge >= 0.3 is 0 Å². The number of nitrogens with two attached hydrogens (primary N) is 1. The molecule has 5 nitrogen and oxygen atoms in total. The highest BCUT2D eigenvalue weighted by molar-refractivity contribution is 8.13. The number of benzene rings is 1. The van der Waals surface area contributed by atoms with Gasteiger partial charge in [-0.3, -0.25) is 4.79 Å². The lowest BCUT2D eigenvalue weighted by molar-refractivity contribution is -0.122. The monoisotopic (exact) mass is 305 g/mol. The van der Waals surface area contributed by atoms with E-state index >= 15 is 0 Å². The molecule has 0 bridgehead atoms. The summed E-state index contributed by atoms with van der Waals surface area (Å²) in [4.78, 5) is 11.0. The van der Waals surface area contributed by atoms with Crippen LogP contribution in [0.4, 0.5) is 0 Å². The van der Waals surface area contributed by atoms with Gasteiger partial charge in [-0.15, -0.1) is 0 Å². The minimum Gasteiger partial charge on any atom is -0.492 e. The van der Waals surface area contributed by atoms with Gasteiger partial charge in [-0.2, -0.15) is 0 Å². The van der Waals surface area contributed by atoms with E-state index in [1.165, 1.54) is 12.1 Å². The van der Waals surface area contributed by atoms with Crippen molar-refractivity contribution in [2.45, 2.75) is 25.7 Å². The maximum Gasteiger partial charge on any atom is 0.261 e. The largest absolute Gasteiger partial charge is 0.492 e. The van der Waals surface area contributed by atoms with Crippen molar-refractivity contribution in [2.75, 3.05) is 6.61 Å². The fourth-order valence-electron chi connectivity index (χ4n) is 1.49. The summed E-state index contributed by atoms with van der Waals surface area (Å²) in [5.74, 6) is -0.361. The predicted octanol–water partition coefficient (Wildman–Crippen LogP) is 1.73. The third-order valence-corrected chi connectivity index (χ3v) is 4.39. The van der Waals surface area contributed by atoms with Crippen LogP contribution in [0.2, 0.25) is 0 Å². The predicted molar refractivity (Wildman–Crippen MR) is 72.8 cm³/mol. The van der Waals surface area contributed by atoms with Crippen molar-refractivity contribution < 1.29 is 17.9 Å².